The van der Waals surface area contributed by atoms with Crippen molar-refractivity contribution in [3.8, 4) is 0 Å². The Labute approximate surface area is 176 Å². The van der Waals surface area contributed by atoms with Gasteiger partial charge in [-0.1, -0.05) is 0 Å². The number of hydrogen-bond donors (Lipinski definition) is 0. The molecule has 3 unspecified atom stereocenters. The molecule has 4 heteroatoms. The van der Waals surface area contributed by atoms with Crippen molar-refractivity contribution < 1.29 is 19.1 Å². The molecule has 3 atom stereocenters. The van der Waals surface area contributed by atoms with Gasteiger partial charge in [-0.2, -0.15) is 0 Å². The van der Waals surface area contributed by atoms with Gasteiger partial charge in [0, 0.05) is 0 Å². The standard InChI is InChI=1S/C22H31Si.2ClH.Hf/c1-14(2)18-11-12-20(23(5)6)16(4)22-19(18)13-15(3)21(22)17-9-7-8-10-17;;;/h7-9,13-14,16,18H,10-12H2,1-6H3;2*1H;/q;;;+2/p-2. The molecule has 3 aliphatic rings. The molecule has 0 spiro atoms. The predicted molar refractivity (Wildman–Crippen MR) is 116 cm³/mol. The molecule has 0 aromatic rings. The van der Waals surface area contributed by atoms with Crippen LogP contribution in [-0.2, 0) is 19.1 Å². The number of rotatable bonds is 3. The van der Waals surface area contributed by atoms with Gasteiger partial charge in [-0.05, 0) is 0 Å². The minimum atomic E-state index is -2.64. The first-order chi connectivity index (χ1) is 12.3. The van der Waals surface area contributed by atoms with Crippen molar-refractivity contribution in [3.05, 3.63) is 46.1 Å². The summed E-state index contributed by atoms with van der Waals surface area (Å²) < 4.78 is 0.397. The minimum absolute atomic E-state index is 0.397. The average molecular weight is 573 g/mol. The van der Waals surface area contributed by atoms with E-state index in [9.17, 15) is 0 Å². The summed E-state index contributed by atoms with van der Waals surface area (Å²) in [5, 5.41) is 1.82. The fraction of sp³-hybridized carbons (Fsp3) is 0.591. The molecule has 0 bridgehead atoms. The Bertz CT molecular complexity index is 748. The number of halogens is 2. The normalized spacial score (nSPS) is 28.7. The molecule has 26 heavy (non-hydrogen) atoms. The van der Waals surface area contributed by atoms with Crippen LogP contribution >= 0.6 is 17.2 Å². The van der Waals surface area contributed by atoms with Crippen molar-refractivity contribution in [3.63, 3.8) is 0 Å². The van der Waals surface area contributed by atoms with E-state index < -0.39 is 27.5 Å². The summed E-state index contributed by atoms with van der Waals surface area (Å²) >= 11 is -2.64. The van der Waals surface area contributed by atoms with Crippen LogP contribution in [-0.4, -0.2) is 13.6 Å². The van der Waals surface area contributed by atoms with Crippen LogP contribution in [0.15, 0.2) is 46.1 Å². The van der Waals surface area contributed by atoms with E-state index in [1.807, 2.05) is 5.17 Å². The zero-order valence-corrected chi connectivity index (χ0v) is 23.0. The second kappa shape index (κ2) is 8.47. The Morgan fingerprint density at radius 2 is 1.92 bits per heavy atom. The first-order valence-corrected chi connectivity index (χ1v) is 23.4. The van der Waals surface area contributed by atoms with Crippen molar-refractivity contribution in [2.75, 3.05) is 0 Å². The Morgan fingerprint density at radius 3 is 2.42 bits per heavy atom. The maximum absolute atomic E-state index is 6.82. The first-order valence-electron chi connectivity index (χ1n) is 9.90. The van der Waals surface area contributed by atoms with E-state index in [1.165, 1.54) is 24.0 Å². The van der Waals surface area contributed by atoms with Gasteiger partial charge in [0.1, 0.15) is 0 Å². The zero-order valence-electron chi connectivity index (χ0n) is 16.9. The Balaban J connectivity index is 2.26. The summed E-state index contributed by atoms with van der Waals surface area (Å²) in [6, 6.07) is 0. The van der Waals surface area contributed by atoms with Crippen LogP contribution in [0.1, 0.15) is 47.0 Å². The van der Waals surface area contributed by atoms with E-state index in [1.54, 1.807) is 16.7 Å². The fourth-order valence-electron chi connectivity index (χ4n) is 5.34. The molecule has 0 aromatic heterocycles. The molecule has 3 rings (SSSR count). The summed E-state index contributed by atoms with van der Waals surface area (Å²) in [6.45, 7) is 14.5. The van der Waals surface area contributed by atoms with Crippen LogP contribution in [0, 0.1) is 17.8 Å². The van der Waals surface area contributed by atoms with Gasteiger partial charge in [0.05, 0.1) is 0 Å². The summed E-state index contributed by atoms with van der Waals surface area (Å²) in [5.74, 6) is 1.85. The molecular formula is C22H31Cl2HfSi. The van der Waals surface area contributed by atoms with Crippen LogP contribution in [0.4, 0.5) is 0 Å². The second-order valence-electron chi connectivity index (χ2n) is 8.61. The first kappa shape index (κ1) is 21.2. The second-order valence-corrected chi connectivity index (χ2v) is 23.7. The molecule has 0 fully saturated rings. The molecule has 0 aliphatic heterocycles. The Morgan fingerprint density at radius 1 is 1.23 bits per heavy atom. The van der Waals surface area contributed by atoms with Gasteiger partial charge in [-0.3, -0.25) is 0 Å². The monoisotopic (exact) mass is 573 g/mol. The van der Waals surface area contributed by atoms with Crippen molar-refractivity contribution >= 4 is 30.7 Å². The molecular weight excluding hydrogens is 542 g/mol. The van der Waals surface area contributed by atoms with Gasteiger partial charge in [0.2, 0.25) is 0 Å². The van der Waals surface area contributed by atoms with Crippen LogP contribution < -0.4 is 0 Å². The van der Waals surface area contributed by atoms with Gasteiger partial charge < -0.3 is 0 Å². The number of allylic oxidation sites excluding steroid dienone is 8. The van der Waals surface area contributed by atoms with Crippen molar-refractivity contribution in [2.24, 2.45) is 17.8 Å². The summed E-state index contributed by atoms with van der Waals surface area (Å²) in [5.41, 5.74) is 7.84. The molecule has 141 valence electrons. The van der Waals surface area contributed by atoms with Crippen LogP contribution in [0.2, 0.25) is 16.8 Å². The molecule has 0 aromatic carbocycles. The Kier molecular flexibility index (Phi) is 6.91. The van der Waals surface area contributed by atoms with E-state index in [-0.39, 0.29) is 0 Å². The molecule has 0 heterocycles. The molecule has 0 N–H and O–H groups in total. The van der Waals surface area contributed by atoms with Crippen LogP contribution in [0.25, 0.3) is 0 Å². The third kappa shape index (κ3) is 3.70. The molecule has 0 nitrogen and oxygen atoms in total. The van der Waals surface area contributed by atoms with E-state index in [4.69, 9.17) is 17.2 Å². The van der Waals surface area contributed by atoms with Crippen molar-refractivity contribution in [1.82, 2.24) is 0 Å². The Hall–Kier alpha value is 0.497. The van der Waals surface area contributed by atoms with Gasteiger partial charge in [-0.25, -0.2) is 0 Å². The van der Waals surface area contributed by atoms with Crippen LogP contribution in [0.5, 0.6) is 0 Å². The fourth-order valence-corrected chi connectivity index (χ4v) is 15.5. The SMILES string of the molecule is CC1=C(C2=CC=CC2)C2=C(C(C(C)C)CCC(=[Si](C)C)C2C)[CH]1[Hf]([Cl])[Cl]. The molecule has 3 aliphatic carbocycles. The van der Waals surface area contributed by atoms with Crippen LogP contribution in [0.3, 0.4) is 0 Å². The maximum atomic E-state index is 6.82. The average Bonchev–Trinajstić information content (AvgIpc) is 3.12. The molecule has 0 radical (unpaired) electrons. The summed E-state index contributed by atoms with van der Waals surface area (Å²) in [6.07, 6.45) is 10.5. The topological polar surface area (TPSA) is 0 Å². The molecule has 0 saturated carbocycles. The quantitative estimate of drug-likeness (QED) is 0.309. The van der Waals surface area contributed by atoms with E-state index in [0.717, 1.165) is 6.42 Å². The van der Waals surface area contributed by atoms with Crippen molar-refractivity contribution in [1.29, 1.82) is 0 Å². The van der Waals surface area contributed by atoms with E-state index in [0.29, 0.717) is 21.4 Å². The summed E-state index contributed by atoms with van der Waals surface area (Å²) in [4.78, 5) is 0. The number of hydrogen-bond acceptors (Lipinski definition) is 0. The van der Waals surface area contributed by atoms with Gasteiger partial charge in [0.15, 0.2) is 0 Å². The van der Waals surface area contributed by atoms with E-state index in [2.05, 4.69) is 59.0 Å². The van der Waals surface area contributed by atoms with Gasteiger partial charge in [-0.15, -0.1) is 0 Å². The van der Waals surface area contributed by atoms with E-state index >= 15 is 0 Å². The zero-order chi connectivity index (χ0) is 19.2. The predicted octanol–water partition coefficient (Wildman–Crippen LogP) is 7.42. The summed E-state index contributed by atoms with van der Waals surface area (Å²) in [7, 11) is 13.2. The van der Waals surface area contributed by atoms with Gasteiger partial charge in [0.25, 0.3) is 0 Å². The third-order valence-electron chi connectivity index (χ3n) is 6.56. The van der Waals surface area contributed by atoms with Crippen molar-refractivity contribution in [2.45, 2.75) is 63.7 Å². The van der Waals surface area contributed by atoms with Gasteiger partial charge >= 0.3 is 177 Å². The third-order valence-corrected chi connectivity index (χ3v) is 16.3. The molecule has 0 saturated heterocycles. The molecule has 0 amide bonds.